The van der Waals surface area contributed by atoms with Crippen LogP contribution in [0.4, 0.5) is 0 Å². The van der Waals surface area contributed by atoms with Gasteiger partial charge in [-0.2, -0.15) is 0 Å². The number of carbonyl (C=O) groups is 14. The Kier molecular flexibility index (Phi) is 24.6. The number of aliphatic hydroxyl groups excluding tert-OH is 1. The van der Waals surface area contributed by atoms with Gasteiger partial charge < -0.3 is 85.1 Å². The van der Waals surface area contributed by atoms with Gasteiger partial charge in [-0.25, -0.2) is 4.79 Å². The van der Waals surface area contributed by atoms with Gasteiger partial charge in [-0.05, 0) is 64.2 Å². The molecule has 408 valence electrons. The van der Waals surface area contributed by atoms with Gasteiger partial charge in [0.25, 0.3) is 0 Å². The number of aliphatic carboxylic acids is 3. The number of amides is 11. The number of primary amides is 3. The molecule has 73 heavy (non-hydrogen) atoms. The lowest BCUT2D eigenvalue weighted by Gasteiger charge is -2.34. The van der Waals surface area contributed by atoms with Crippen molar-refractivity contribution in [2.24, 2.45) is 28.9 Å². The average molecular weight is 1040 g/mol. The summed E-state index contributed by atoms with van der Waals surface area (Å²) in [6.45, 7) is 4.34. The quantitative estimate of drug-likeness (QED) is 0.0307. The summed E-state index contributed by atoms with van der Waals surface area (Å²) in [7, 11) is 0. The zero-order valence-electron chi connectivity index (χ0n) is 40.7. The number of hydrogen-bond acceptors (Lipinski definition) is 16. The second kappa shape index (κ2) is 29.1. The number of likely N-dealkylation sites (tertiary alicyclic amines) is 2. The van der Waals surface area contributed by atoms with Gasteiger partial charge in [0.05, 0.1) is 25.0 Å². The number of hydrogen-bond donors (Lipinski definition) is 14. The van der Waals surface area contributed by atoms with Crippen LogP contribution in [0, 0.1) is 5.92 Å². The molecule has 11 amide bonds. The lowest BCUT2D eigenvalue weighted by atomic mass is 10.0. The Morgan fingerprint density at radius 1 is 0.534 bits per heavy atom. The molecule has 2 heterocycles. The highest BCUT2D eigenvalue weighted by atomic mass is 16.4. The van der Waals surface area contributed by atoms with Crippen LogP contribution in [0.5, 0.6) is 0 Å². The number of carboxylic acid groups (broad SMARTS) is 3. The summed E-state index contributed by atoms with van der Waals surface area (Å²) in [5.74, 6) is -15.7. The van der Waals surface area contributed by atoms with Crippen LogP contribution in [-0.2, 0) is 67.1 Å². The van der Waals surface area contributed by atoms with Crippen LogP contribution < -0.4 is 54.8 Å². The summed E-state index contributed by atoms with van der Waals surface area (Å²) < 4.78 is 0. The molecule has 0 aromatic heterocycles. The predicted octanol–water partition coefficient (Wildman–Crippen LogP) is -6.54. The zero-order valence-corrected chi connectivity index (χ0v) is 40.7. The van der Waals surface area contributed by atoms with Crippen molar-refractivity contribution in [1.82, 2.24) is 41.7 Å². The highest BCUT2D eigenvalue weighted by Gasteiger charge is 2.45. The highest BCUT2D eigenvalue weighted by molar-refractivity contribution is 5.99. The molecule has 18 N–H and O–H groups in total. The Morgan fingerprint density at radius 3 is 1.58 bits per heavy atom. The number of nitrogens with two attached hydrogens (primary N) is 4. The van der Waals surface area contributed by atoms with Crippen molar-refractivity contribution in [3.05, 3.63) is 0 Å². The molecule has 0 aromatic carbocycles. The van der Waals surface area contributed by atoms with E-state index in [0.29, 0.717) is 0 Å². The largest absolute Gasteiger partial charge is 0.481 e. The van der Waals surface area contributed by atoms with Gasteiger partial charge in [0, 0.05) is 32.4 Å². The molecule has 0 saturated carbocycles. The van der Waals surface area contributed by atoms with E-state index < -0.39 is 175 Å². The molecule has 0 bridgehead atoms. The minimum atomic E-state index is -1.89. The van der Waals surface area contributed by atoms with Crippen molar-refractivity contribution in [2.75, 3.05) is 13.1 Å². The van der Waals surface area contributed by atoms with Crippen LogP contribution in [0.25, 0.3) is 0 Å². The van der Waals surface area contributed by atoms with E-state index in [2.05, 4.69) is 26.6 Å². The topological polar surface area (TPSA) is 503 Å². The molecule has 2 fully saturated rings. The average Bonchev–Trinajstić information content (AvgIpc) is 3.99. The molecule has 2 rings (SSSR count). The highest BCUT2D eigenvalue weighted by Crippen LogP contribution is 2.26. The van der Waals surface area contributed by atoms with Gasteiger partial charge in [-0.1, -0.05) is 13.8 Å². The van der Waals surface area contributed by atoms with Gasteiger partial charge >= 0.3 is 17.9 Å². The van der Waals surface area contributed by atoms with E-state index >= 15 is 0 Å². The number of carboxylic acids is 3. The summed E-state index contributed by atoms with van der Waals surface area (Å²) in [4.78, 5) is 181. The number of rotatable bonds is 31. The Morgan fingerprint density at radius 2 is 1.04 bits per heavy atom. The first-order chi connectivity index (χ1) is 34.0. The number of nitrogens with one attached hydrogen (secondary N) is 6. The lowest BCUT2D eigenvalue weighted by molar-refractivity contribution is -0.148. The number of nitrogens with zero attached hydrogens (tertiary/aromatic N) is 2. The first-order valence-corrected chi connectivity index (χ1v) is 23.4. The lowest BCUT2D eigenvalue weighted by Crippen LogP contribution is -2.61. The second-order valence-corrected chi connectivity index (χ2v) is 18.2. The van der Waals surface area contributed by atoms with Crippen molar-refractivity contribution in [3.63, 3.8) is 0 Å². The SMILES string of the molecule is CC(C)C[C@H](NC(=O)[C@H](CC(=O)O)NC(=O)[C@@H](N)CCC(N)=O)C(=O)N[C@@H](CCC(N)=O)C(=O)N1CCC[C@H]1C(=O)N1CCC[C@H]1C(=O)N[C@@H](CCC(=O)O)C(=O)N[C@H](C(=O)N[C@@H](CC(N)=O)C(=O)O)[C@@H](C)O. The van der Waals surface area contributed by atoms with E-state index in [1.807, 2.05) is 5.32 Å². The van der Waals surface area contributed by atoms with E-state index in [1.165, 1.54) is 0 Å². The first kappa shape index (κ1) is 61.6. The normalized spacial score (nSPS) is 18.5. The maximum absolute atomic E-state index is 14.4. The van der Waals surface area contributed by atoms with Crippen LogP contribution >= 0.6 is 0 Å². The van der Waals surface area contributed by atoms with Crippen molar-refractivity contribution in [1.29, 1.82) is 0 Å². The fraction of sp³-hybridized carbons (Fsp3) is 0.674. The van der Waals surface area contributed by atoms with Crippen molar-refractivity contribution < 1.29 is 87.5 Å². The van der Waals surface area contributed by atoms with Crippen molar-refractivity contribution >= 4 is 82.9 Å². The molecule has 30 heteroatoms. The summed E-state index contributed by atoms with van der Waals surface area (Å²) in [6.07, 6.45) is -5.62. The van der Waals surface area contributed by atoms with Gasteiger partial charge in [-0.3, -0.25) is 62.3 Å². The molecule has 0 radical (unpaired) electrons. The van der Waals surface area contributed by atoms with E-state index in [0.717, 1.165) is 16.7 Å². The predicted molar refractivity (Wildman–Crippen MR) is 248 cm³/mol. The van der Waals surface area contributed by atoms with Crippen LogP contribution in [0.1, 0.15) is 104 Å². The molecule has 0 unspecified atom stereocenters. The Hall–Kier alpha value is -7.50. The summed E-state index contributed by atoms with van der Waals surface area (Å²) in [6, 6.07) is -14.1. The van der Waals surface area contributed by atoms with Crippen molar-refractivity contribution in [3.8, 4) is 0 Å². The van der Waals surface area contributed by atoms with Crippen LogP contribution in [-0.4, -0.2) is 187 Å². The molecule has 10 atom stereocenters. The minimum absolute atomic E-state index is 0.0250. The minimum Gasteiger partial charge on any atom is -0.481 e. The maximum atomic E-state index is 14.4. The van der Waals surface area contributed by atoms with E-state index in [-0.39, 0.29) is 70.4 Å². The molecule has 0 spiro atoms. The van der Waals surface area contributed by atoms with E-state index in [9.17, 15) is 87.5 Å². The van der Waals surface area contributed by atoms with E-state index in [4.69, 9.17) is 22.9 Å². The second-order valence-electron chi connectivity index (χ2n) is 18.2. The Labute approximate surface area is 418 Å². The maximum Gasteiger partial charge on any atom is 0.326 e. The third kappa shape index (κ3) is 20.3. The fourth-order valence-electron chi connectivity index (χ4n) is 7.99. The molecule has 2 aliphatic rings. The molecular formula is C43H68N12O18. The van der Waals surface area contributed by atoms with Gasteiger partial charge in [0.1, 0.15) is 48.3 Å². The molecular weight excluding hydrogens is 973 g/mol. The third-order valence-electron chi connectivity index (χ3n) is 11.7. The zero-order chi connectivity index (χ0) is 55.4. The van der Waals surface area contributed by atoms with Gasteiger partial charge in [0.15, 0.2) is 0 Å². The molecule has 2 aliphatic heterocycles. The monoisotopic (exact) mass is 1040 g/mol. The van der Waals surface area contributed by atoms with Gasteiger partial charge in [0.2, 0.25) is 65.0 Å². The fourth-order valence-corrected chi connectivity index (χ4v) is 7.99. The van der Waals surface area contributed by atoms with Crippen LogP contribution in [0.3, 0.4) is 0 Å². The number of aliphatic hydroxyl groups is 1. The van der Waals surface area contributed by atoms with Crippen LogP contribution in [0.15, 0.2) is 0 Å². The van der Waals surface area contributed by atoms with Gasteiger partial charge in [-0.15, -0.1) is 0 Å². The Balaban J connectivity index is 2.36. The standard InChI is InChI=1S/C43H68N12O18/c1-19(2)16-24(51-38(67)25(18-33(62)63)50-35(64)21(44)8-11-29(45)57)37(66)49-23(9-12-30(46)58)41(70)55-15-5-7-28(55)42(71)54-14-4-6-27(54)39(68)48-22(10-13-32(60)61)36(65)53-34(20(3)56)40(69)52-26(43(72)73)17-31(47)59/h19-28,34,56H,4-18,44H2,1-3H3,(H2,45,57)(H2,46,58)(H2,47,59)(H,48,68)(H,49,66)(H,50,64)(H,51,67)(H,52,69)(H,53,65)(H,60,61)(H,62,63)(H,72,73)/t20-,21+,22+,23+,24+,25+,26+,27+,28+,34+/m1/s1. The molecule has 2 saturated heterocycles. The van der Waals surface area contributed by atoms with Crippen LogP contribution in [0.2, 0.25) is 0 Å². The Bertz CT molecular complexity index is 2110. The first-order valence-electron chi connectivity index (χ1n) is 23.4. The summed E-state index contributed by atoms with van der Waals surface area (Å²) in [5.41, 5.74) is 21.3. The smallest absolute Gasteiger partial charge is 0.326 e. The summed E-state index contributed by atoms with van der Waals surface area (Å²) in [5, 5.41) is 52.3. The third-order valence-corrected chi connectivity index (χ3v) is 11.7. The number of carbonyl (C=O) groups excluding carboxylic acids is 11. The summed E-state index contributed by atoms with van der Waals surface area (Å²) >= 11 is 0. The van der Waals surface area contributed by atoms with Crippen molar-refractivity contribution in [2.45, 2.75) is 165 Å². The molecule has 0 aliphatic carbocycles. The molecule has 0 aromatic rings. The van der Waals surface area contributed by atoms with E-state index in [1.54, 1.807) is 13.8 Å². The molecule has 30 nitrogen and oxygen atoms in total.